The largest absolute Gasteiger partial charge is 0.371 e. The average molecular weight is 1080 g/mol. The molecule has 11 nitrogen and oxygen atoms in total. The molecule has 0 fully saturated rings. The fourth-order valence-electron chi connectivity index (χ4n) is 8.85. The van der Waals surface area contributed by atoms with Gasteiger partial charge < -0.3 is 28.4 Å². The molecule has 8 rings (SSSR count). The van der Waals surface area contributed by atoms with Crippen molar-refractivity contribution in [1.29, 1.82) is 0 Å². The number of benzene rings is 8. The van der Waals surface area contributed by atoms with Gasteiger partial charge in [-0.3, -0.25) is 14.5 Å². The van der Waals surface area contributed by atoms with Crippen LogP contribution in [0.25, 0.3) is 0 Å². The second-order valence-electron chi connectivity index (χ2n) is 19.3. The zero-order chi connectivity index (χ0) is 55.5. The van der Waals surface area contributed by atoms with Gasteiger partial charge in [0.2, 0.25) is 6.41 Å². The lowest BCUT2D eigenvalue weighted by molar-refractivity contribution is -0.208. The first-order valence-electron chi connectivity index (χ1n) is 27.8. The number of hydrogen-bond donors (Lipinski definition) is 1. The number of ether oxygens (including phenoxy) is 6. The molecule has 0 heterocycles. The minimum atomic E-state index is -0.527. The Morgan fingerprint density at radius 3 is 0.912 bits per heavy atom. The summed E-state index contributed by atoms with van der Waals surface area (Å²) in [5.74, 6) is 0. The summed E-state index contributed by atoms with van der Waals surface area (Å²) in [5.41, 5.74) is 11.7. The number of carbonyl (C=O) groups is 1. The molecule has 8 aromatic carbocycles. The molecule has 0 bridgehead atoms. The minimum absolute atomic E-state index is 0.174. The third-order valence-corrected chi connectivity index (χ3v) is 13.3. The van der Waals surface area contributed by atoms with Crippen molar-refractivity contribution in [3.63, 3.8) is 0 Å². The normalized spacial score (nSPS) is 13.4. The van der Waals surface area contributed by atoms with Gasteiger partial charge in [0, 0.05) is 0 Å². The Morgan fingerprint density at radius 2 is 0.600 bits per heavy atom. The fraction of sp³-hybridized carbons (Fsp3) is 0.290. The van der Waals surface area contributed by atoms with Gasteiger partial charge in [-0.05, 0) is 57.3 Å². The van der Waals surface area contributed by atoms with E-state index >= 15 is 0 Å². The standard InChI is InChI=1S/C35H39NO5.C34H39NO4/c1-2-33(38-24-29-15-7-3-8-16-29)35(40-26-31-19-11-5-12-20-31)34(39-25-30-17-9-4-10-18-30)23-36(28-37)41-27-32-21-13-6-14-22-32;1-2-32(36-24-28-15-7-3-8-16-28)34(38-26-30-19-11-5-12-20-30)33(37-25-29-17-9-4-10-18-29)23-35-39-27-31-21-13-6-14-22-31/h3-22,28,33-35H,2,23-27H2,1H3;3-22,32-35H,2,23-27H2,1H3/t33-,34-,35+;32-,33-,34+/m11/s1. The molecule has 0 aliphatic rings. The lowest BCUT2D eigenvalue weighted by Crippen LogP contribution is -2.48. The van der Waals surface area contributed by atoms with Crippen molar-refractivity contribution in [3.05, 3.63) is 287 Å². The topological polar surface area (TPSA) is 106 Å². The maximum absolute atomic E-state index is 12.2. The summed E-state index contributed by atoms with van der Waals surface area (Å²) < 4.78 is 39.1. The SMILES string of the molecule is CC[C@@H](OCc1ccccc1)[C@H](OCc1ccccc1)[C@@H](CN(C=O)OCc1ccccc1)OCc1ccccc1.CC[C@@H](OCc1ccccc1)[C@H](OCc1ccccc1)[C@@H](CNOCc1ccccc1)OCc1ccccc1. The Bertz CT molecular complexity index is 2790. The predicted molar refractivity (Wildman–Crippen MR) is 314 cm³/mol. The fourth-order valence-corrected chi connectivity index (χ4v) is 8.85. The Kier molecular flexibility index (Phi) is 27.4. The molecule has 1 amide bonds. The van der Waals surface area contributed by atoms with Crippen LogP contribution in [-0.2, 0) is 95.7 Å². The van der Waals surface area contributed by atoms with Crippen LogP contribution in [0.5, 0.6) is 0 Å². The monoisotopic (exact) mass is 1080 g/mol. The van der Waals surface area contributed by atoms with Crippen molar-refractivity contribution in [3.8, 4) is 0 Å². The Hall–Kier alpha value is -7.13. The van der Waals surface area contributed by atoms with E-state index in [0.29, 0.717) is 65.6 Å². The highest BCUT2D eigenvalue weighted by molar-refractivity contribution is 5.45. The molecule has 0 radical (unpaired) electrons. The van der Waals surface area contributed by atoms with Gasteiger partial charge in [0.25, 0.3) is 0 Å². The molecule has 0 unspecified atom stereocenters. The molecule has 80 heavy (non-hydrogen) atoms. The molecule has 1 N–H and O–H groups in total. The number of amides is 1. The van der Waals surface area contributed by atoms with Crippen molar-refractivity contribution in [2.45, 2.75) is 116 Å². The molecule has 6 atom stereocenters. The highest BCUT2D eigenvalue weighted by Crippen LogP contribution is 2.24. The van der Waals surface area contributed by atoms with E-state index in [2.05, 4.69) is 55.7 Å². The molecule has 0 saturated heterocycles. The quantitative estimate of drug-likeness (QED) is 0.0235. The predicted octanol–water partition coefficient (Wildman–Crippen LogP) is 13.6. The lowest BCUT2D eigenvalue weighted by Gasteiger charge is -2.35. The number of hydroxylamine groups is 3. The van der Waals surface area contributed by atoms with E-state index in [1.165, 1.54) is 5.06 Å². The van der Waals surface area contributed by atoms with Crippen LogP contribution >= 0.6 is 0 Å². The van der Waals surface area contributed by atoms with Gasteiger partial charge in [0.15, 0.2) is 0 Å². The van der Waals surface area contributed by atoms with Crippen molar-refractivity contribution < 1.29 is 42.9 Å². The summed E-state index contributed by atoms with van der Waals surface area (Å²) in [4.78, 5) is 23.9. The minimum Gasteiger partial charge on any atom is -0.371 e. The van der Waals surface area contributed by atoms with E-state index in [9.17, 15) is 4.79 Å². The van der Waals surface area contributed by atoms with E-state index in [0.717, 1.165) is 50.9 Å². The summed E-state index contributed by atoms with van der Waals surface area (Å²) in [5, 5.41) is 1.30. The van der Waals surface area contributed by atoms with Crippen LogP contribution in [0.4, 0.5) is 0 Å². The summed E-state index contributed by atoms with van der Waals surface area (Å²) >= 11 is 0. The zero-order valence-corrected chi connectivity index (χ0v) is 46.2. The molecule has 0 aliphatic heterocycles. The van der Waals surface area contributed by atoms with Crippen LogP contribution in [0.15, 0.2) is 243 Å². The van der Waals surface area contributed by atoms with Gasteiger partial charge in [-0.25, -0.2) is 5.06 Å². The number of nitrogens with one attached hydrogen (secondary N) is 1. The molecule has 0 spiro atoms. The Balaban J connectivity index is 0.000000231. The van der Waals surface area contributed by atoms with Crippen molar-refractivity contribution in [2.75, 3.05) is 13.1 Å². The molecule has 0 aliphatic carbocycles. The van der Waals surface area contributed by atoms with Crippen molar-refractivity contribution in [1.82, 2.24) is 10.5 Å². The van der Waals surface area contributed by atoms with Crippen LogP contribution in [0.1, 0.15) is 71.2 Å². The highest BCUT2D eigenvalue weighted by atomic mass is 16.7. The number of hydrogen-bond acceptors (Lipinski definition) is 10. The maximum Gasteiger partial charge on any atom is 0.233 e. The lowest BCUT2D eigenvalue weighted by atomic mass is 10.0. The van der Waals surface area contributed by atoms with Gasteiger partial charge in [0.1, 0.15) is 31.0 Å². The number of nitrogens with zero attached hydrogens (tertiary/aromatic N) is 1. The second kappa shape index (κ2) is 36.2. The van der Waals surface area contributed by atoms with Gasteiger partial charge >= 0.3 is 0 Å². The first-order valence-corrected chi connectivity index (χ1v) is 27.8. The van der Waals surface area contributed by atoms with Crippen molar-refractivity contribution in [2.24, 2.45) is 0 Å². The van der Waals surface area contributed by atoms with E-state index < -0.39 is 12.2 Å². The first kappa shape index (κ1) is 60.5. The van der Waals surface area contributed by atoms with Crippen LogP contribution in [-0.4, -0.2) is 61.2 Å². The molecular weight excluding hydrogens is 1000 g/mol. The second-order valence-corrected chi connectivity index (χ2v) is 19.3. The molecule has 0 saturated carbocycles. The van der Waals surface area contributed by atoms with Crippen LogP contribution in [0.2, 0.25) is 0 Å². The van der Waals surface area contributed by atoms with Crippen LogP contribution in [0.3, 0.4) is 0 Å². The summed E-state index contributed by atoms with van der Waals surface area (Å²) in [7, 11) is 0. The summed E-state index contributed by atoms with van der Waals surface area (Å²) in [6, 6.07) is 80.6. The summed E-state index contributed by atoms with van der Waals surface area (Å²) in [6.45, 7) is 8.17. The molecule has 8 aromatic rings. The molecule has 418 valence electrons. The van der Waals surface area contributed by atoms with E-state index in [-0.39, 0.29) is 37.6 Å². The van der Waals surface area contributed by atoms with E-state index in [4.69, 9.17) is 38.1 Å². The zero-order valence-electron chi connectivity index (χ0n) is 46.2. The average Bonchev–Trinajstić information content (AvgIpc) is 3.53. The smallest absolute Gasteiger partial charge is 0.233 e. The number of rotatable bonds is 35. The third kappa shape index (κ3) is 22.2. The van der Waals surface area contributed by atoms with E-state index in [1.54, 1.807) is 0 Å². The number of carbonyl (C=O) groups excluding carboxylic acids is 1. The molecule has 0 aromatic heterocycles. The maximum atomic E-state index is 12.2. The van der Waals surface area contributed by atoms with E-state index in [1.807, 2.05) is 206 Å². The van der Waals surface area contributed by atoms with Crippen molar-refractivity contribution >= 4 is 6.41 Å². The van der Waals surface area contributed by atoms with Gasteiger partial charge in [-0.1, -0.05) is 257 Å². The van der Waals surface area contributed by atoms with Gasteiger partial charge in [-0.15, -0.1) is 0 Å². The van der Waals surface area contributed by atoms with Gasteiger partial charge in [0.05, 0.1) is 71.5 Å². The first-order chi connectivity index (χ1) is 39.6. The van der Waals surface area contributed by atoms with Crippen LogP contribution < -0.4 is 5.48 Å². The molecular formula is C69H78N2O9. The highest BCUT2D eigenvalue weighted by Gasteiger charge is 2.34. The Labute approximate surface area is 474 Å². The van der Waals surface area contributed by atoms with Gasteiger partial charge in [-0.2, -0.15) is 5.48 Å². The Morgan fingerprint density at radius 1 is 0.338 bits per heavy atom. The third-order valence-electron chi connectivity index (χ3n) is 13.3. The molecule has 11 heteroatoms. The summed E-state index contributed by atoms with van der Waals surface area (Å²) in [6.07, 6.45) is 0.0676. The van der Waals surface area contributed by atoms with Crippen LogP contribution in [0, 0.1) is 0 Å².